The van der Waals surface area contributed by atoms with E-state index in [1.807, 2.05) is 11.8 Å². The van der Waals surface area contributed by atoms with Crippen molar-refractivity contribution in [3.63, 3.8) is 0 Å². The summed E-state index contributed by atoms with van der Waals surface area (Å²) in [6.45, 7) is 3.90. The topological polar surface area (TPSA) is 84.7 Å². The highest BCUT2D eigenvalue weighted by Gasteiger charge is 2.15. The van der Waals surface area contributed by atoms with Gasteiger partial charge in [0.25, 0.3) is 0 Å². The van der Waals surface area contributed by atoms with Gasteiger partial charge < -0.3 is 15.4 Å². The third-order valence-electron chi connectivity index (χ3n) is 2.87. The van der Waals surface area contributed by atoms with E-state index in [4.69, 9.17) is 10.5 Å². The van der Waals surface area contributed by atoms with Gasteiger partial charge in [0.15, 0.2) is 0 Å². The summed E-state index contributed by atoms with van der Waals surface area (Å²) >= 11 is 0. The number of hydrogen-bond donors (Lipinski definition) is 2. The molecule has 0 unspecified atom stereocenters. The van der Waals surface area contributed by atoms with Crippen molar-refractivity contribution in [2.75, 3.05) is 44.5 Å². The van der Waals surface area contributed by atoms with Crippen molar-refractivity contribution in [1.29, 1.82) is 0 Å². The zero-order chi connectivity index (χ0) is 14.5. The van der Waals surface area contributed by atoms with Crippen molar-refractivity contribution >= 4 is 21.4 Å². The summed E-state index contributed by atoms with van der Waals surface area (Å²) in [5.41, 5.74) is 7.18. The van der Waals surface area contributed by atoms with Gasteiger partial charge in [-0.05, 0) is 32.2 Å². The Kier molecular flexibility index (Phi) is 5.59. The number of likely N-dealkylation sites (N-methyl/N-ethyl adjacent to an activating group) is 1. The number of nitrogen functional groups attached to an aromatic ring is 1. The van der Waals surface area contributed by atoms with E-state index in [0.717, 1.165) is 6.54 Å². The summed E-state index contributed by atoms with van der Waals surface area (Å²) < 4.78 is 30.9. The van der Waals surface area contributed by atoms with Gasteiger partial charge in [0, 0.05) is 20.2 Å². The van der Waals surface area contributed by atoms with Gasteiger partial charge in [-0.25, -0.2) is 13.1 Å². The molecule has 0 amide bonds. The molecule has 1 rings (SSSR count). The van der Waals surface area contributed by atoms with Gasteiger partial charge in [0.2, 0.25) is 10.0 Å². The first-order valence-electron chi connectivity index (χ1n) is 6.03. The first-order chi connectivity index (χ1) is 8.96. The highest BCUT2D eigenvalue weighted by molar-refractivity contribution is 7.89. The van der Waals surface area contributed by atoms with Gasteiger partial charge in [0.05, 0.1) is 22.9 Å². The number of anilines is 2. The van der Waals surface area contributed by atoms with Crippen molar-refractivity contribution in [2.24, 2.45) is 0 Å². The molecule has 0 spiro atoms. The zero-order valence-electron chi connectivity index (χ0n) is 11.5. The summed E-state index contributed by atoms with van der Waals surface area (Å²) in [6, 6.07) is 4.68. The van der Waals surface area contributed by atoms with Gasteiger partial charge in [-0.2, -0.15) is 0 Å². The van der Waals surface area contributed by atoms with E-state index >= 15 is 0 Å². The molecule has 0 aliphatic carbocycles. The van der Waals surface area contributed by atoms with Crippen LogP contribution in [-0.2, 0) is 14.8 Å². The zero-order valence-corrected chi connectivity index (χ0v) is 12.3. The first kappa shape index (κ1) is 15.7. The number of nitrogens with two attached hydrogens (primary N) is 1. The Hall–Kier alpha value is -1.31. The van der Waals surface area contributed by atoms with Crippen molar-refractivity contribution < 1.29 is 13.2 Å². The van der Waals surface area contributed by atoms with Gasteiger partial charge in [0.1, 0.15) is 0 Å². The van der Waals surface area contributed by atoms with Crippen LogP contribution in [0, 0.1) is 0 Å². The van der Waals surface area contributed by atoms with Crippen molar-refractivity contribution in [2.45, 2.75) is 11.8 Å². The Morgan fingerprint density at radius 1 is 1.42 bits per heavy atom. The second kappa shape index (κ2) is 6.74. The molecule has 0 heterocycles. The summed E-state index contributed by atoms with van der Waals surface area (Å²) in [6.07, 6.45) is 0. The van der Waals surface area contributed by atoms with Crippen LogP contribution >= 0.6 is 0 Å². The molecular formula is C12H21N3O3S. The van der Waals surface area contributed by atoms with Gasteiger partial charge in [-0.1, -0.05) is 0 Å². The molecule has 108 valence electrons. The SMILES string of the molecule is CCN(CCOC)c1cc(S(=O)(=O)NC)ccc1N. The largest absolute Gasteiger partial charge is 0.397 e. The van der Waals surface area contributed by atoms with Crippen LogP contribution in [0.15, 0.2) is 23.1 Å². The third-order valence-corrected chi connectivity index (χ3v) is 4.28. The number of ether oxygens (including phenoxy) is 1. The number of methoxy groups -OCH3 is 1. The predicted octanol–water partition coefficient (Wildman–Crippen LogP) is 0.650. The monoisotopic (exact) mass is 287 g/mol. The van der Waals surface area contributed by atoms with Crippen LogP contribution in [0.4, 0.5) is 11.4 Å². The molecule has 0 saturated heterocycles. The first-order valence-corrected chi connectivity index (χ1v) is 7.51. The molecule has 19 heavy (non-hydrogen) atoms. The molecule has 0 saturated carbocycles. The number of sulfonamides is 1. The van der Waals surface area contributed by atoms with Crippen molar-refractivity contribution in [1.82, 2.24) is 4.72 Å². The summed E-state index contributed by atoms with van der Waals surface area (Å²) in [4.78, 5) is 2.18. The van der Waals surface area contributed by atoms with E-state index in [1.54, 1.807) is 19.2 Å². The fraction of sp³-hybridized carbons (Fsp3) is 0.500. The second-order valence-corrected chi connectivity index (χ2v) is 5.89. The van der Waals surface area contributed by atoms with Crippen LogP contribution in [0.3, 0.4) is 0 Å². The molecule has 7 heteroatoms. The Bertz CT molecular complexity index is 517. The standard InChI is InChI=1S/C12H21N3O3S/c1-4-15(7-8-18-3)12-9-10(5-6-11(12)13)19(16,17)14-2/h5-6,9,14H,4,7-8,13H2,1-3H3. The minimum absolute atomic E-state index is 0.204. The number of nitrogens with zero attached hydrogens (tertiary/aromatic N) is 1. The van der Waals surface area contributed by atoms with Crippen LogP contribution in [0.25, 0.3) is 0 Å². The summed E-state index contributed by atoms with van der Waals surface area (Å²) in [5.74, 6) is 0. The number of hydrogen-bond acceptors (Lipinski definition) is 5. The minimum atomic E-state index is -3.46. The predicted molar refractivity (Wildman–Crippen MR) is 76.9 cm³/mol. The Balaban J connectivity index is 3.15. The minimum Gasteiger partial charge on any atom is -0.397 e. The molecule has 3 N–H and O–H groups in total. The van der Waals surface area contributed by atoms with Crippen LogP contribution in [0.2, 0.25) is 0 Å². The molecule has 0 aliphatic rings. The Morgan fingerprint density at radius 3 is 2.63 bits per heavy atom. The van der Waals surface area contributed by atoms with E-state index in [-0.39, 0.29) is 4.90 Å². The maximum absolute atomic E-state index is 11.8. The van der Waals surface area contributed by atoms with E-state index in [9.17, 15) is 8.42 Å². The molecule has 0 atom stereocenters. The molecule has 6 nitrogen and oxygen atoms in total. The third kappa shape index (κ3) is 3.82. The molecule has 0 aromatic heterocycles. The second-order valence-electron chi connectivity index (χ2n) is 4.00. The van der Waals surface area contributed by atoms with Gasteiger partial charge >= 0.3 is 0 Å². The van der Waals surface area contributed by atoms with Crippen LogP contribution in [-0.4, -0.2) is 42.3 Å². The quantitative estimate of drug-likeness (QED) is 0.719. The van der Waals surface area contributed by atoms with Crippen LogP contribution in [0.5, 0.6) is 0 Å². The normalized spacial score (nSPS) is 11.5. The van der Waals surface area contributed by atoms with E-state index in [1.165, 1.54) is 13.1 Å². The summed E-state index contributed by atoms with van der Waals surface area (Å²) in [5, 5.41) is 0. The lowest BCUT2D eigenvalue weighted by atomic mass is 10.2. The number of rotatable bonds is 7. The molecule has 1 aromatic rings. The van der Waals surface area contributed by atoms with E-state index in [0.29, 0.717) is 24.5 Å². The van der Waals surface area contributed by atoms with Crippen LogP contribution < -0.4 is 15.4 Å². The average Bonchev–Trinajstić information content (AvgIpc) is 2.41. The lowest BCUT2D eigenvalue weighted by molar-refractivity contribution is 0.205. The molecule has 0 aliphatic heterocycles. The average molecular weight is 287 g/mol. The fourth-order valence-electron chi connectivity index (χ4n) is 1.73. The van der Waals surface area contributed by atoms with Gasteiger partial charge in [-0.15, -0.1) is 0 Å². The maximum Gasteiger partial charge on any atom is 0.240 e. The Labute approximate surface area is 114 Å². The lowest BCUT2D eigenvalue weighted by Crippen LogP contribution is -2.28. The van der Waals surface area contributed by atoms with E-state index in [2.05, 4.69) is 4.72 Å². The fourth-order valence-corrected chi connectivity index (χ4v) is 2.48. The highest BCUT2D eigenvalue weighted by atomic mass is 32.2. The smallest absolute Gasteiger partial charge is 0.240 e. The maximum atomic E-state index is 11.8. The van der Waals surface area contributed by atoms with E-state index < -0.39 is 10.0 Å². The molecule has 1 aromatic carbocycles. The summed E-state index contributed by atoms with van der Waals surface area (Å²) in [7, 11) is -0.456. The number of nitrogens with one attached hydrogen (secondary N) is 1. The molecule has 0 radical (unpaired) electrons. The molecular weight excluding hydrogens is 266 g/mol. The lowest BCUT2D eigenvalue weighted by Gasteiger charge is -2.24. The van der Waals surface area contributed by atoms with Crippen molar-refractivity contribution in [3.05, 3.63) is 18.2 Å². The highest BCUT2D eigenvalue weighted by Crippen LogP contribution is 2.26. The molecule has 0 bridgehead atoms. The van der Waals surface area contributed by atoms with Crippen molar-refractivity contribution in [3.8, 4) is 0 Å². The molecule has 0 fully saturated rings. The Morgan fingerprint density at radius 2 is 2.11 bits per heavy atom. The number of benzene rings is 1. The van der Waals surface area contributed by atoms with Gasteiger partial charge in [-0.3, -0.25) is 0 Å². The van der Waals surface area contributed by atoms with Crippen LogP contribution in [0.1, 0.15) is 6.92 Å².